The van der Waals surface area contributed by atoms with Gasteiger partial charge in [-0.05, 0) is 26.2 Å². The summed E-state index contributed by atoms with van der Waals surface area (Å²) in [5, 5.41) is 8.70. The van der Waals surface area contributed by atoms with Crippen LogP contribution in [0.5, 0.6) is 0 Å². The van der Waals surface area contributed by atoms with E-state index in [0.29, 0.717) is 31.9 Å². The number of rotatable bonds is 4. The van der Waals surface area contributed by atoms with Gasteiger partial charge in [0.2, 0.25) is 11.7 Å². The molecule has 1 saturated heterocycles. The molecule has 1 unspecified atom stereocenters. The number of hydrogen-bond acceptors (Lipinski definition) is 7. The van der Waals surface area contributed by atoms with E-state index in [9.17, 15) is 9.59 Å². The van der Waals surface area contributed by atoms with Crippen molar-refractivity contribution in [2.75, 3.05) is 26.8 Å². The van der Waals surface area contributed by atoms with E-state index >= 15 is 0 Å². The molecule has 2 aliphatic heterocycles. The Morgan fingerprint density at radius 1 is 1.25 bits per heavy atom. The quantitative estimate of drug-likeness (QED) is 0.767. The van der Waals surface area contributed by atoms with Gasteiger partial charge in [-0.25, -0.2) is 4.98 Å². The van der Waals surface area contributed by atoms with E-state index < -0.39 is 0 Å². The number of fused-ring (bicyclic) bond motifs is 1. The molecule has 1 fully saturated rings. The fraction of sp³-hybridized carbons (Fsp3) is 0.611. The Labute approximate surface area is 162 Å². The zero-order valence-electron chi connectivity index (χ0n) is 16.1. The standard InChI is InChI=1S/C18H24N6O4/c1-12-16(28-11-19-12)18(26)22-7-8-24-14(9-22)20-21-17(24)13-5-3-4-6-23(13)15(25)10-27-2/h11,13H,3-10H2,1-2H3. The van der Waals surface area contributed by atoms with Crippen molar-refractivity contribution in [1.82, 2.24) is 29.5 Å². The monoisotopic (exact) mass is 388 g/mol. The lowest BCUT2D eigenvalue weighted by molar-refractivity contribution is -0.139. The lowest BCUT2D eigenvalue weighted by atomic mass is 10.0. The molecule has 0 bridgehead atoms. The van der Waals surface area contributed by atoms with Gasteiger partial charge < -0.3 is 23.5 Å². The SMILES string of the molecule is COCC(=O)N1CCCCC1c1nnc2n1CCN(C(=O)c1ocnc1C)C2. The van der Waals surface area contributed by atoms with Crippen molar-refractivity contribution in [3.8, 4) is 0 Å². The maximum absolute atomic E-state index is 12.7. The van der Waals surface area contributed by atoms with Crippen molar-refractivity contribution in [3.05, 3.63) is 29.5 Å². The van der Waals surface area contributed by atoms with Crippen LogP contribution in [0.4, 0.5) is 0 Å². The van der Waals surface area contributed by atoms with E-state index in [0.717, 1.165) is 30.9 Å². The lowest BCUT2D eigenvalue weighted by Crippen LogP contribution is -2.43. The first-order valence-corrected chi connectivity index (χ1v) is 9.50. The van der Waals surface area contributed by atoms with Gasteiger partial charge in [0.1, 0.15) is 6.61 Å². The number of nitrogens with zero attached hydrogens (tertiary/aromatic N) is 6. The lowest BCUT2D eigenvalue weighted by Gasteiger charge is -2.36. The van der Waals surface area contributed by atoms with Crippen LogP contribution in [0.15, 0.2) is 10.8 Å². The molecule has 0 radical (unpaired) electrons. The largest absolute Gasteiger partial charge is 0.438 e. The summed E-state index contributed by atoms with van der Waals surface area (Å²) >= 11 is 0. The molecule has 0 saturated carbocycles. The van der Waals surface area contributed by atoms with Crippen LogP contribution in [0, 0.1) is 6.92 Å². The average Bonchev–Trinajstić information content (AvgIpc) is 3.33. The van der Waals surface area contributed by atoms with Gasteiger partial charge in [0, 0.05) is 26.7 Å². The molecule has 0 spiro atoms. The fourth-order valence-electron chi connectivity index (χ4n) is 3.96. The van der Waals surface area contributed by atoms with Crippen molar-refractivity contribution >= 4 is 11.8 Å². The summed E-state index contributed by atoms with van der Waals surface area (Å²) < 4.78 is 12.3. The van der Waals surface area contributed by atoms with Gasteiger partial charge in [-0.1, -0.05) is 0 Å². The summed E-state index contributed by atoms with van der Waals surface area (Å²) in [5.74, 6) is 1.55. The molecule has 10 nitrogen and oxygen atoms in total. The first-order chi connectivity index (χ1) is 13.6. The number of likely N-dealkylation sites (tertiary alicyclic amines) is 1. The van der Waals surface area contributed by atoms with E-state index in [1.165, 1.54) is 13.5 Å². The molecular formula is C18H24N6O4. The Morgan fingerprint density at radius 3 is 2.86 bits per heavy atom. The third-order valence-electron chi connectivity index (χ3n) is 5.40. The van der Waals surface area contributed by atoms with Gasteiger partial charge in [0.15, 0.2) is 18.0 Å². The molecule has 150 valence electrons. The number of ether oxygens (including phenoxy) is 1. The Morgan fingerprint density at radius 2 is 2.11 bits per heavy atom. The van der Waals surface area contributed by atoms with E-state index in [1.807, 2.05) is 9.47 Å². The summed E-state index contributed by atoms with van der Waals surface area (Å²) in [6.07, 6.45) is 4.15. The molecule has 0 aliphatic carbocycles. The maximum atomic E-state index is 12.7. The van der Waals surface area contributed by atoms with Crippen molar-refractivity contribution < 1.29 is 18.7 Å². The Balaban J connectivity index is 1.54. The highest BCUT2D eigenvalue weighted by Gasteiger charge is 2.34. The highest BCUT2D eigenvalue weighted by atomic mass is 16.5. The molecule has 2 amide bonds. The Kier molecular flexibility index (Phi) is 5.12. The number of methoxy groups -OCH3 is 1. The van der Waals surface area contributed by atoms with Gasteiger partial charge in [-0.2, -0.15) is 0 Å². The van der Waals surface area contributed by atoms with Crippen LogP contribution in [0.2, 0.25) is 0 Å². The maximum Gasteiger partial charge on any atom is 0.292 e. The zero-order chi connectivity index (χ0) is 19.7. The predicted molar refractivity (Wildman–Crippen MR) is 96.2 cm³/mol. The number of carbonyl (C=O) groups excluding carboxylic acids is 2. The fourth-order valence-corrected chi connectivity index (χ4v) is 3.96. The number of amides is 2. The first-order valence-electron chi connectivity index (χ1n) is 9.50. The average molecular weight is 388 g/mol. The van der Waals surface area contributed by atoms with Crippen LogP contribution in [0.25, 0.3) is 0 Å². The second kappa shape index (κ2) is 7.70. The molecule has 2 aromatic rings. The highest BCUT2D eigenvalue weighted by Crippen LogP contribution is 2.31. The van der Waals surface area contributed by atoms with Gasteiger partial charge in [0.25, 0.3) is 5.91 Å². The summed E-state index contributed by atoms with van der Waals surface area (Å²) in [6.45, 7) is 3.97. The molecular weight excluding hydrogens is 364 g/mol. The van der Waals surface area contributed by atoms with Crippen LogP contribution < -0.4 is 0 Å². The van der Waals surface area contributed by atoms with Crippen LogP contribution >= 0.6 is 0 Å². The number of hydrogen-bond donors (Lipinski definition) is 0. The van der Waals surface area contributed by atoms with Crippen molar-refractivity contribution in [2.24, 2.45) is 0 Å². The third kappa shape index (κ3) is 3.28. The van der Waals surface area contributed by atoms with Crippen molar-refractivity contribution in [3.63, 3.8) is 0 Å². The molecule has 0 N–H and O–H groups in total. The molecule has 10 heteroatoms. The van der Waals surface area contributed by atoms with Crippen molar-refractivity contribution in [1.29, 1.82) is 0 Å². The molecule has 4 heterocycles. The number of aromatic nitrogens is 4. The van der Waals surface area contributed by atoms with Crippen LogP contribution in [-0.4, -0.2) is 68.2 Å². The highest BCUT2D eigenvalue weighted by molar-refractivity contribution is 5.92. The van der Waals surface area contributed by atoms with Crippen LogP contribution in [-0.2, 0) is 22.6 Å². The van der Waals surface area contributed by atoms with E-state index in [1.54, 1.807) is 11.8 Å². The summed E-state index contributed by atoms with van der Waals surface area (Å²) in [7, 11) is 1.53. The normalized spacial score (nSPS) is 19.6. The minimum absolute atomic E-state index is 0.0297. The van der Waals surface area contributed by atoms with E-state index in [4.69, 9.17) is 9.15 Å². The molecule has 2 aromatic heterocycles. The van der Waals surface area contributed by atoms with E-state index in [-0.39, 0.29) is 30.2 Å². The first kappa shape index (κ1) is 18.6. The van der Waals surface area contributed by atoms with Gasteiger partial charge in [0.05, 0.1) is 18.3 Å². The minimum Gasteiger partial charge on any atom is -0.438 e. The predicted octanol–water partition coefficient (Wildman–Crippen LogP) is 0.931. The minimum atomic E-state index is -0.194. The molecule has 28 heavy (non-hydrogen) atoms. The number of carbonyl (C=O) groups is 2. The van der Waals surface area contributed by atoms with Gasteiger partial charge >= 0.3 is 0 Å². The molecule has 2 aliphatic rings. The summed E-state index contributed by atoms with van der Waals surface area (Å²) in [6, 6.07) is -0.101. The van der Waals surface area contributed by atoms with E-state index in [2.05, 4.69) is 15.2 Å². The molecule has 0 aromatic carbocycles. The zero-order valence-corrected chi connectivity index (χ0v) is 16.1. The third-order valence-corrected chi connectivity index (χ3v) is 5.40. The topological polar surface area (TPSA) is 107 Å². The second-order valence-corrected chi connectivity index (χ2v) is 7.15. The smallest absolute Gasteiger partial charge is 0.292 e. The summed E-state index contributed by atoms with van der Waals surface area (Å²) in [5.41, 5.74) is 0.576. The van der Waals surface area contributed by atoms with Gasteiger partial charge in [-0.15, -0.1) is 10.2 Å². The van der Waals surface area contributed by atoms with Crippen molar-refractivity contribution in [2.45, 2.75) is 45.3 Å². The number of piperidine rings is 1. The molecule has 1 atom stereocenters. The summed E-state index contributed by atoms with van der Waals surface area (Å²) in [4.78, 5) is 32.7. The second-order valence-electron chi connectivity index (χ2n) is 7.15. The Hall–Kier alpha value is -2.75. The van der Waals surface area contributed by atoms with Crippen LogP contribution in [0.1, 0.15) is 53.2 Å². The number of oxazole rings is 1. The van der Waals surface area contributed by atoms with Crippen LogP contribution in [0.3, 0.4) is 0 Å². The van der Waals surface area contributed by atoms with Gasteiger partial charge in [-0.3, -0.25) is 9.59 Å². The number of aryl methyl sites for hydroxylation is 1. The Bertz CT molecular complexity index is 875. The molecule has 4 rings (SSSR count).